The van der Waals surface area contributed by atoms with Gasteiger partial charge in [0.15, 0.2) is 7.14 Å². The van der Waals surface area contributed by atoms with E-state index in [9.17, 15) is 4.79 Å². The number of esters is 1. The molecule has 0 atom stereocenters. The highest BCUT2D eigenvalue weighted by Crippen LogP contribution is 2.08. The molecule has 0 spiro atoms. The number of hydrogen-bond acceptors (Lipinski definition) is 2. The van der Waals surface area contributed by atoms with Crippen LogP contribution < -0.4 is 25.9 Å². The molecule has 2 aromatic rings. The first kappa shape index (κ1) is 12.1. The van der Waals surface area contributed by atoms with Crippen molar-refractivity contribution in [3.8, 4) is 5.75 Å². The van der Waals surface area contributed by atoms with Gasteiger partial charge in [-0.1, -0.05) is 18.2 Å². The summed E-state index contributed by atoms with van der Waals surface area (Å²) in [6, 6.07) is 18.2. The van der Waals surface area contributed by atoms with Gasteiger partial charge in [-0.2, -0.15) is 0 Å². The van der Waals surface area contributed by atoms with Gasteiger partial charge in [0, 0.05) is 6.92 Å². The lowest BCUT2D eigenvalue weighted by atomic mass is 10.3. The Balaban J connectivity index is 2.06. The molecule has 2 nitrogen and oxygen atoms in total. The number of hydrogen-bond donors (Lipinski definition) is 0. The lowest BCUT2D eigenvalue weighted by Gasteiger charge is -1.98. The van der Waals surface area contributed by atoms with E-state index in [0.29, 0.717) is 5.75 Å². The fraction of sp³-hybridized carbons (Fsp3) is 0.0714. The highest BCUT2D eigenvalue weighted by atomic mass is 127. The quantitative estimate of drug-likeness (QED) is 0.438. The van der Waals surface area contributed by atoms with E-state index < -0.39 is 0 Å². The molecule has 0 radical (unpaired) electrons. The Kier molecular flexibility index (Phi) is 4.14. The molecule has 0 unspecified atom stereocenters. The summed E-state index contributed by atoms with van der Waals surface area (Å²) in [5, 5.41) is 0. The van der Waals surface area contributed by atoms with Crippen molar-refractivity contribution >= 4 is 5.97 Å². The zero-order valence-corrected chi connectivity index (χ0v) is 11.5. The molecule has 17 heavy (non-hydrogen) atoms. The maximum absolute atomic E-state index is 10.8. The molecule has 0 N–H and O–H groups in total. The fourth-order valence-electron chi connectivity index (χ4n) is 1.34. The summed E-state index contributed by atoms with van der Waals surface area (Å²) in [5.74, 6) is 0.328. The molecule has 86 valence electrons. The molecule has 3 heteroatoms. The number of halogens is 1. The van der Waals surface area contributed by atoms with Crippen molar-refractivity contribution in [2.24, 2.45) is 0 Å². The average molecular weight is 339 g/mol. The van der Waals surface area contributed by atoms with E-state index >= 15 is 0 Å². The van der Waals surface area contributed by atoms with Gasteiger partial charge in [-0.05, 0) is 36.4 Å². The third kappa shape index (κ3) is 3.85. The molecule has 0 aliphatic carbocycles. The van der Waals surface area contributed by atoms with Crippen LogP contribution >= 0.6 is 0 Å². The van der Waals surface area contributed by atoms with Gasteiger partial charge < -0.3 is 4.74 Å². The van der Waals surface area contributed by atoms with Crippen LogP contribution in [0.15, 0.2) is 54.6 Å². The highest BCUT2D eigenvalue weighted by molar-refractivity contribution is 5.69. The smallest absolute Gasteiger partial charge is 0.357 e. The molecule has 0 aliphatic heterocycles. The standard InChI is InChI=1S/C14H12IO2/c1-11(16)17-14-9-7-13(8-10-14)15-12-5-3-2-4-6-12/h2-10H,1H3/q+1. The normalized spacial score (nSPS) is 9.94. The van der Waals surface area contributed by atoms with Crippen molar-refractivity contribution in [1.82, 2.24) is 0 Å². The summed E-state index contributed by atoms with van der Waals surface area (Å²) in [4.78, 5) is 10.8. The number of carbonyl (C=O) groups excluding carboxylic acids is 1. The van der Waals surface area contributed by atoms with Crippen molar-refractivity contribution in [2.45, 2.75) is 6.92 Å². The molecule has 0 saturated heterocycles. The Labute approximate surface area is 111 Å². The van der Waals surface area contributed by atoms with E-state index in [0.717, 1.165) is 0 Å². The van der Waals surface area contributed by atoms with E-state index in [2.05, 4.69) is 24.3 Å². The molecule has 0 amide bonds. The Morgan fingerprint density at radius 1 is 0.941 bits per heavy atom. The van der Waals surface area contributed by atoms with Crippen LogP contribution in [0.1, 0.15) is 6.92 Å². The fourth-order valence-corrected chi connectivity index (χ4v) is 3.55. The maximum atomic E-state index is 10.8. The van der Waals surface area contributed by atoms with Crippen molar-refractivity contribution in [3.63, 3.8) is 0 Å². The topological polar surface area (TPSA) is 26.3 Å². The van der Waals surface area contributed by atoms with Gasteiger partial charge in [0.25, 0.3) is 0 Å². The second-order valence-corrected chi connectivity index (χ2v) is 6.47. The van der Waals surface area contributed by atoms with Crippen LogP contribution in [0.3, 0.4) is 0 Å². The van der Waals surface area contributed by atoms with Crippen LogP contribution in [0.4, 0.5) is 0 Å². The molecule has 2 aromatic carbocycles. The van der Waals surface area contributed by atoms with Crippen molar-refractivity contribution in [2.75, 3.05) is 0 Å². The zero-order chi connectivity index (χ0) is 12.1. The Hall–Kier alpha value is -1.36. The van der Waals surface area contributed by atoms with Crippen molar-refractivity contribution < 1.29 is 30.7 Å². The van der Waals surface area contributed by atoms with Gasteiger partial charge in [-0.3, -0.25) is 4.79 Å². The van der Waals surface area contributed by atoms with Crippen LogP contribution in [0.5, 0.6) is 5.75 Å². The molecule has 0 aromatic heterocycles. The molecular weight excluding hydrogens is 327 g/mol. The van der Waals surface area contributed by atoms with Crippen molar-refractivity contribution in [1.29, 1.82) is 0 Å². The minimum atomic E-state index is -0.282. The first-order valence-corrected chi connectivity index (χ1v) is 7.38. The Bertz CT molecular complexity index is 491. The largest absolute Gasteiger partial charge is 0.427 e. The lowest BCUT2D eigenvalue weighted by Crippen LogP contribution is -3.61. The van der Waals surface area contributed by atoms with E-state index in [1.54, 1.807) is 0 Å². The van der Waals surface area contributed by atoms with E-state index in [1.807, 2.05) is 30.3 Å². The van der Waals surface area contributed by atoms with Crippen LogP contribution in [0, 0.1) is 7.14 Å². The minimum absolute atomic E-state index is 0.146. The molecule has 0 heterocycles. The summed E-state index contributed by atoms with van der Waals surface area (Å²) < 4.78 is 7.68. The molecule has 0 saturated carbocycles. The molecule has 2 rings (SSSR count). The Morgan fingerprint density at radius 3 is 2.12 bits per heavy atom. The highest BCUT2D eigenvalue weighted by Gasteiger charge is 2.14. The summed E-state index contributed by atoms with van der Waals surface area (Å²) in [6.45, 7) is 1.41. The van der Waals surface area contributed by atoms with Gasteiger partial charge in [0.05, 0.1) is 0 Å². The maximum Gasteiger partial charge on any atom is 0.357 e. The average Bonchev–Trinajstić information content (AvgIpc) is 2.32. The minimum Gasteiger partial charge on any atom is -0.427 e. The second kappa shape index (κ2) is 5.82. The SMILES string of the molecule is CC(=O)Oc1ccc([I+]c2ccccc2)cc1. The molecular formula is C14H12IO2+. The number of rotatable bonds is 3. The molecule has 0 fully saturated rings. The predicted octanol–water partition coefficient (Wildman–Crippen LogP) is -0.260. The van der Waals surface area contributed by atoms with Gasteiger partial charge in [-0.15, -0.1) is 0 Å². The lowest BCUT2D eigenvalue weighted by molar-refractivity contribution is -0.597. The Morgan fingerprint density at radius 2 is 1.53 bits per heavy atom. The van der Waals surface area contributed by atoms with E-state index in [1.165, 1.54) is 14.1 Å². The molecule has 0 aliphatic rings. The third-order valence-electron chi connectivity index (χ3n) is 2.03. The van der Waals surface area contributed by atoms with Crippen molar-refractivity contribution in [3.05, 3.63) is 61.7 Å². The van der Waals surface area contributed by atoms with Gasteiger partial charge in [0.1, 0.15) is 5.75 Å². The summed E-state index contributed by atoms with van der Waals surface area (Å²) in [6.07, 6.45) is 0. The first-order chi connectivity index (χ1) is 8.24. The number of carbonyl (C=O) groups is 1. The zero-order valence-electron chi connectivity index (χ0n) is 9.39. The third-order valence-corrected chi connectivity index (χ3v) is 4.71. The van der Waals surface area contributed by atoms with Crippen LogP contribution in [0.2, 0.25) is 0 Å². The summed E-state index contributed by atoms with van der Waals surface area (Å²) >= 11 is -0.146. The van der Waals surface area contributed by atoms with E-state index in [4.69, 9.17) is 4.74 Å². The van der Waals surface area contributed by atoms with Crippen LogP contribution in [0.25, 0.3) is 0 Å². The van der Waals surface area contributed by atoms with E-state index in [-0.39, 0.29) is 27.2 Å². The monoisotopic (exact) mass is 339 g/mol. The van der Waals surface area contributed by atoms with Gasteiger partial charge in [-0.25, -0.2) is 0 Å². The predicted molar refractivity (Wildman–Crippen MR) is 61.6 cm³/mol. The number of ether oxygens (including phenoxy) is 1. The number of benzene rings is 2. The summed E-state index contributed by atoms with van der Waals surface area (Å²) in [7, 11) is 0. The van der Waals surface area contributed by atoms with Gasteiger partial charge >= 0.3 is 27.2 Å². The molecule has 0 bridgehead atoms. The summed E-state index contributed by atoms with van der Waals surface area (Å²) in [5.41, 5.74) is 0. The van der Waals surface area contributed by atoms with Crippen LogP contribution in [-0.2, 0) is 4.79 Å². The van der Waals surface area contributed by atoms with Gasteiger partial charge in [0.2, 0.25) is 0 Å². The second-order valence-electron chi connectivity index (χ2n) is 3.44. The van der Waals surface area contributed by atoms with Crippen LogP contribution in [-0.4, -0.2) is 5.97 Å². The first-order valence-electron chi connectivity index (χ1n) is 5.22.